The third-order valence-corrected chi connectivity index (χ3v) is 3.96. The number of anilines is 1. The highest BCUT2D eigenvalue weighted by molar-refractivity contribution is 5.75. The third kappa shape index (κ3) is 3.64. The number of aromatic hydroxyl groups is 1. The molecule has 3 rings (SSSR count). The predicted molar refractivity (Wildman–Crippen MR) is 80.5 cm³/mol. The van der Waals surface area contributed by atoms with E-state index >= 15 is 0 Å². The van der Waals surface area contributed by atoms with Gasteiger partial charge in [0.25, 0.3) is 0 Å². The van der Waals surface area contributed by atoms with E-state index in [1.54, 1.807) is 6.92 Å². The Kier molecular flexibility index (Phi) is 4.80. The van der Waals surface area contributed by atoms with Crippen LogP contribution in [0, 0.1) is 0 Å². The number of ether oxygens (including phenoxy) is 3. The summed E-state index contributed by atoms with van der Waals surface area (Å²) < 4.78 is 15.9. The second-order valence-corrected chi connectivity index (χ2v) is 5.58. The van der Waals surface area contributed by atoms with E-state index in [1.807, 2.05) is 0 Å². The molecule has 1 atom stereocenters. The summed E-state index contributed by atoms with van der Waals surface area (Å²) in [6.07, 6.45) is 1.94. The molecule has 1 aromatic heterocycles. The van der Waals surface area contributed by atoms with Crippen LogP contribution in [0.15, 0.2) is 0 Å². The number of esters is 1. The average molecular weight is 323 g/mol. The molecule has 0 aliphatic carbocycles. The fraction of sp³-hybridized carbons (Fsp3) is 0.667. The van der Waals surface area contributed by atoms with Crippen LogP contribution in [0.25, 0.3) is 0 Å². The van der Waals surface area contributed by atoms with E-state index in [-0.39, 0.29) is 17.8 Å². The molecule has 0 aromatic carbocycles. The Hall–Kier alpha value is -2.09. The van der Waals surface area contributed by atoms with Crippen LogP contribution in [0.1, 0.15) is 31.7 Å². The molecule has 0 radical (unpaired) electrons. The molecule has 2 aliphatic heterocycles. The molecule has 8 nitrogen and oxygen atoms in total. The van der Waals surface area contributed by atoms with Gasteiger partial charge >= 0.3 is 5.97 Å². The quantitative estimate of drug-likeness (QED) is 0.792. The number of carbonyl (C=O) groups excluding carboxylic acids is 1. The molecular weight excluding hydrogens is 302 g/mol. The van der Waals surface area contributed by atoms with E-state index in [9.17, 15) is 9.90 Å². The van der Waals surface area contributed by atoms with E-state index in [1.165, 1.54) is 0 Å². The predicted octanol–water partition coefficient (Wildman–Crippen LogP) is 1.03. The number of carbonyl (C=O) groups is 1. The fourth-order valence-electron chi connectivity index (χ4n) is 2.73. The van der Waals surface area contributed by atoms with Crippen molar-refractivity contribution in [3.63, 3.8) is 0 Å². The monoisotopic (exact) mass is 323 g/mol. The van der Waals surface area contributed by atoms with E-state index in [4.69, 9.17) is 14.2 Å². The Morgan fingerprint density at radius 3 is 2.87 bits per heavy atom. The Labute approximate surface area is 134 Å². The number of rotatable bonds is 4. The number of fused-ring (bicyclic) bond motifs is 1. The van der Waals surface area contributed by atoms with Crippen LogP contribution in [0.5, 0.6) is 11.8 Å². The molecule has 0 amide bonds. The van der Waals surface area contributed by atoms with Crippen LogP contribution < -0.4 is 10.1 Å². The minimum Gasteiger partial charge on any atom is -0.493 e. The molecule has 2 N–H and O–H groups in total. The maximum Gasteiger partial charge on any atom is 0.347 e. The Morgan fingerprint density at radius 2 is 2.13 bits per heavy atom. The van der Waals surface area contributed by atoms with Crippen molar-refractivity contribution in [2.45, 2.75) is 44.8 Å². The molecule has 1 aromatic rings. The second kappa shape index (κ2) is 6.99. The first-order valence-corrected chi connectivity index (χ1v) is 7.94. The fourth-order valence-corrected chi connectivity index (χ4v) is 2.73. The average Bonchev–Trinajstić information content (AvgIpc) is 2.55. The highest BCUT2D eigenvalue weighted by Gasteiger charge is 2.31. The molecule has 1 unspecified atom stereocenters. The van der Waals surface area contributed by atoms with Crippen LogP contribution >= 0.6 is 0 Å². The van der Waals surface area contributed by atoms with Crippen molar-refractivity contribution in [2.75, 3.05) is 25.1 Å². The summed E-state index contributed by atoms with van der Waals surface area (Å²) in [5.41, 5.74) is 0.531. The summed E-state index contributed by atoms with van der Waals surface area (Å²) in [5, 5.41) is 13.3. The van der Waals surface area contributed by atoms with Gasteiger partial charge in [-0.1, -0.05) is 0 Å². The summed E-state index contributed by atoms with van der Waals surface area (Å²) in [5.74, 6) is 0.0380. The molecule has 0 spiro atoms. The van der Waals surface area contributed by atoms with Crippen molar-refractivity contribution >= 4 is 11.9 Å². The zero-order valence-electron chi connectivity index (χ0n) is 13.1. The lowest BCUT2D eigenvalue weighted by Crippen LogP contribution is -2.34. The number of nitrogens with zero attached hydrogens (tertiary/aromatic N) is 2. The van der Waals surface area contributed by atoms with Crippen molar-refractivity contribution in [2.24, 2.45) is 0 Å². The van der Waals surface area contributed by atoms with Crippen molar-refractivity contribution in [3.8, 4) is 11.8 Å². The van der Waals surface area contributed by atoms with Gasteiger partial charge in [-0.05, 0) is 32.6 Å². The first-order valence-electron chi connectivity index (χ1n) is 7.94. The number of hydrogen-bond acceptors (Lipinski definition) is 8. The van der Waals surface area contributed by atoms with Gasteiger partial charge in [0.15, 0.2) is 6.10 Å². The number of hydrogen-bond donors (Lipinski definition) is 2. The van der Waals surface area contributed by atoms with Crippen LogP contribution in [-0.2, 0) is 20.7 Å². The molecule has 126 valence electrons. The first-order chi connectivity index (χ1) is 11.2. The minimum absolute atomic E-state index is 0.105. The second-order valence-electron chi connectivity index (χ2n) is 5.58. The smallest absolute Gasteiger partial charge is 0.347 e. The van der Waals surface area contributed by atoms with Gasteiger partial charge in [-0.15, -0.1) is 0 Å². The van der Waals surface area contributed by atoms with Crippen LogP contribution in [0.3, 0.4) is 0 Å². The van der Waals surface area contributed by atoms with Gasteiger partial charge in [0, 0.05) is 19.3 Å². The zero-order chi connectivity index (χ0) is 16.2. The lowest BCUT2D eigenvalue weighted by Gasteiger charge is -2.26. The van der Waals surface area contributed by atoms with Gasteiger partial charge in [-0.3, -0.25) is 0 Å². The summed E-state index contributed by atoms with van der Waals surface area (Å²) in [7, 11) is 0. The largest absolute Gasteiger partial charge is 0.493 e. The van der Waals surface area contributed by atoms with Crippen molar-refractivity contribution in [3.05, 3.63) is 5.56 Å². The number of nitrogens with one attached hydrogen (secondary N) is 1. The molecule has 0 bridgehead atoms. The summed E-state index contributed by atoms with van der Waals surface area (Å²) in [4.78, 5) is 20.2. The minimum atomic E-state index is -0.687. The summed E-state index contributed by atoms with van der Waals surface area (Å²) >= 11 is 0. The first kappa shape index (κ1) is 15.8. The standard InChI is InChI=1S/C15H21N3O5/c1-2-22-14(20)11-4-3-10-12(19)17-15(18-13(10)23-11)16-9-5-7-21-8-6-9/h9,11H,2-8H2,1H3,(H2,16,17,18,19). The van der Waals surface area contributed by atoms with Crippen LogP contribution in [0.4, 0.5) is 5.95 Å². The molecule has 1 saturated heterocycles. The molecule has 23 heavy (non-hydrogen) atoms. The maximum atomic E-state index is 11.8. The Morgan fingerprint density at radius 1 is 1.35 bits per heavy atom. The molecule has 2 aliphatic rings. The van der Waals surface area contributed by atoms with Crippen molar-refractivity contribution in [1.29, 1.82) is 0 Å². The van der Waals surface area contributed by atoms with Crippen LogP contribution in [0.2, 0.25) is 0 Å². The maximum absolute atomic E-state index is 11.8. The summed E-state index contributed by atoms with van der Waals surface area (Å²) in [6, 6.07) is 0.200. The highest BCUT2D eigenvalue weighted by atomic mass is 16.6. The SMILES string of the molecule is CCOC(=O)C1CCc2c(O)nc(NC3CCOCC3)nc2O1. The third-order valence-electron chi connectivity index (χ3n) is 3.96. The topological polar surface area (TPSA) is 103 Å². The summed E-state index contributed by atoms with van der Waals surface area (Å²) in [6.45, 7) is 3.43. The van der Waals surface area contributed by atoms with E-state index in [0.717, 1.165) is 12.8 Å². The van der Waals surface area contributed by atoms with Gasteiger partial charge in [0.05, 0.1) is 12.2 Å². The van der Waals surface area contributed by atoms with Gasteiger partial charge in [-0.2, -0.15) is 9.97 Å². The zero-order valence-corrected chi connectivity index (χ0v) is 13.1. The van der Waals surface area contributed by atoms with E-state index in [2.05, 4.69) is 15.3 Å². The van der Waals surface area contributed by atoms with Gasteiger partial charge in [0.1, 0.15) is 0 Å². The molecule has 8 heteroatoms. The lowest BCUT2D eigenvalue weighted by atomic mass is 10.1. The molecule has 0 saturated carbocycles. The van der Waals surface area contributed by atoms with Crippen LogP contribution in [-0.4, -0.2) is 53.0 Å². The molecule has 1 fully saturated rings. The van der Waals surface area contributed by atoms with Crippen molar-refractivity contribution in [1.82, 2.24) is 9.97 Å². The van der Waals surface area contributed by atoms with E-state index < -0.39 is 12.1 Å². The Bertz CT molecular complexity index is 574. The van der Waals surface area contributed by atoms with Gasteiger partial charge < -0.3 is 24.6 Å². The lowest BCUT2D eigenvalue weighted by molar-refractivity contribution is -0.152. The van der Waals surface area contributed by atoms with Gasteiger partial charge in [0.2, 0.25) is 17.7 Å². The number of aromatic nitrogens is 2. The molecule has 3 heterocycles. The van der Waals surface area contributed by atoms with Gasteiger partial charge in [-0.25, -0.2) is 4.79 Å². The van der Waals surface area contributed by atoms with Crippen molar-refractivity contribution < 1.29 is 24.1 Å². The normalized spacial score (nSPS) is 21.2. The molecular formula is C15H21N3O5. The Balaban J connectivity index is 1.74. The van der Waals surface area contributed by atoms with E-state index in [0.29, 0.717) is 44.2 Å². The highest BCUT2D eigenvalue weighted by Crippen LogP contribution is 2.33.